The molecule has 0 bridgehead atoms. The van der Waals surface area contributed by atoms with Crippen LogP contribution in [0.1, 0.15) is 92.3 Å². The van der Waals surface area contributed by atoms with Crippen LogP contribution in [0.15, 0.2) is 125 Å². The van der Waals surface area contributed by atoms with Crippen LogP contribution in [0.2, 0.25) is 0 Å². The van der Waals surface area contributed by atoms with E-state index in [1.807, 2.05) is 0 Å². The summed E-state index contributed by atoms with van der Waals surface area (Å²) in [5, 5.41) is 2.95. The Balaban J connectivity index is 1.86. The van der Waals surface area contributed by atoms with Crippen molar-refractivity contribution in [1.82, 2.24) is 0 Å². The predicted molar refractivity (Wildman–Crippen MR) is 196 cm³/mol. The van der Waals surface area contributed by atoms with Crippen molar-refractivity contribution in [3.63, 3.8) is 0 Å². The van der Waals surface area contributed by atoms with Gasteiger partial charge in [0.15, 0.2) is 0 Å². The first kappa shape index (κ1) is 33.0. The number of hydrogen-bond donors (Lipinski definition) is 0. The zero-order valence-electron chi connectivity index (χ0n) is 29.7. The van der Waals surface area contributed by atoms with E-state index in [2.05, 4.69) is 172 Å². The summed E-state index contributed by atoms with van der Waals surface area (Å²) >= 11 is -1.39. The number of allylic oxidation sites excluding steroid dienone is 8. The van der Waals surface area contributed by atoms with Gasteiger partial charge in [-0.2, -0.15) is 0 Å². The standard InChI is InChI=1S/C32H41.C13H10.Zr/c1-20(2)27-19-32(21(3)4,31(8,9)10)29(22-13-11-12-14-22)26-18-23-17-24(30(5,6)7)15-16-25(23)28(26)27;1-3-7-12(8-4-1)11-13-9-5-2-6-10-13;/h11-13,15-17,19-21H,14H2,1-10H3;1-10H;. The third kappa shape index (κ3) is 5.56. The normalized spacial score (nSPS) is 19.4. The van der Waals surface area contributed by atoms with Crippen molar-refractivity contribution in [1.29, 1.82) is 0 Å². The number of fused-ring (bicyclic) bond motifs is 2. The molecule has 0 heterocycles. The van der Waals surface area contributed by atoms with Gasteiger partial charge < -0.3 is 0 Å². The fourth-order valence-electron chi connectivity index (χ4n) is 8.18. The van der Waals surface area contributed by atoms with Crippen molar-refractivity contribution in [2.24, 2.45) is 22.7 Å². The molecule has 0 aromatic heterocycles. The quantitative estimate of drug-likeness (QED) is 0.243. The number of benzene rings is 3. The summed E-state index contributed by atoms with van der Waals surface area (Å²) in [5.41, 5.74) is 11.9. The van der Waals surface area contributed by atoms with E-state index in [1.165, 1.54) is 43.8 Å². The van der Waals surface area contributed by atoms with Gasteiger partial charge >= 0.3 is 291 Å². The third-order valence-corrected chi connectivity index (χ3v) is 14.4. The van der Waals surface area contributed by atoms with Gasteiger partial charge in [0.25, 0.3) is 0 Å². The summed E-state index contributed by atoms with van der Waals surface area (Å²) < 4.78 is 3.22. The molecule has 235 valence electrons. The Morgan fingerprint density at radius 2 is 1.35 bits per heavy atom. The fraction of sp³-hybridized carbons (Fsp3) is 0.356. The molecular weight excluding hydrogens is 632 g/mol. The summed E-state index contributed by atoms with van der Waals surface area (Å²) in [4.78, 5) is 0. The summed E-state index contributed by atoms with van der Waals surface area (Å²) in [6.45, 7) is 24.3. The van der Waals surface area contributed by atoms with E-state index >= 15 is 0 Å². The minimum absolute atomic E-state index is 0.0332. The van der Waals surface area contributed by atoms with E-state index < -0.39 is 22.8 Å². The van der Waals surface area contributed by atoms with Gasteiger partial charge in [-0.3, -0.25) is 0 Å². The molecule has 0 amide bonds. The molecule has 46 heavy (non-hydrogen) atoms. The van der Waals surface area contributed by atoms with Crippen LogP contribution in [0.5, 0.6) is 0 Å². The van der Waals surface area contributed by atoms with Gasteiger partial charge in [0.1, 0.15) is 0 Å². The second-order valence-electron chi connectivity index (χ2n) is 16.1. The average molecular weight is 683 g/mol. The SMILES string of the molecule is CC(C)C1=CC(C(C)C)(C(C)(C)C)C(C2=CC=CC2)=C2[C]([Zr]=[C](c3ccccc3)c3ccccc3)=c3cc(C(C)(C)C)ccc3=C12. The van der Waals surface area contributed by atoms with Crippen LogP contribution in [0.25, 0.3) is 8.85 Å². The van der Waals surface area contributed by atoms with E-state index in [1.54, 1.807) is 17.6 Å². The maximum absolute atomic E-state index is 2.75. The summed E-state index contributed by atoms with van der Waals surface area (Å²) in [5.74, 6) is 0.869. The van der Waals surface area contributed by atoms with Crippen molar-refractivity contribution < 1.29 is 22.8 Å². The second-order valence-corrected chi connectivity index (χ2v) is 19.2. The Bertz CT molecular complexity index is 1900. The molecule has 0 saturated heterocycles. The van der Waals surface area contributed by atoms with Gasteiger partial charge in [0.05, 0.1) is 0 Å². The second kappa shape index (κ2) is 12.3. The van der Waals surface area contributed by atoms with Crippen molar-refractivity contribution in [2.45, 2.75) is 81.1 Å². The molecule has 1 unspecified atom stereocenters. The predicted octanol–water partition coefficient (Wildman–Crippen LogP) is 10.1. The molecule has 0 spiro atoms. The van der Waals surface area contributed by atoms with Crippen molar-refractivity contribution in [3.05, 3.63) is 153 Å². The Morgan fingerprint density at radius 3 is 1.83 bits per heavy atom. The Morgan fingerprint density at radius 1 is 0.739 bits per heavy atom. The first-order valence-corrected chi connectivity index (χ1v) is 19.7. The molecule has 6 rings (SSSR count). The Hall–Kier alpha value is -2.89. The van der Waals surface area contributed by atoms with Crippen LogP contribution in [-0.2, 0) is 28.2 Å². The van der Waals surface area contributed by atoms with Crippen molar-refractivity contribution in [3.8, 4) is 0 Å². The minimum atomic E-state index is -1.39. The van der Waals surface area contributed by atoms with Crippen LogP contribution < -0.4 is 10.4 Å². The maximum atomic E-state index is 2.75. The zero-order valence-corrected chi connectivity index (χ0v) is 32.1. The zero-order chi connectivity index (χ0) is 33.0. The molecule has 0 aliphatic heterocycles. The van der Waals surface area contributed by atoms with Gasteiger partial charge in [-0.1, -0.05) is 0 Å². The third-order valence-electron chi connectivity index (χ3n) is 10.5. The summed E-state index contributed by atoms with van der Waals surface area (Å²) in [6.07, 6.45) is 10.9. The van der Waals surface area contributed by atoms with Crippen LogP contribution in [0, 0.1) is 22.7 Å². The van der Waals surface area contributed by atoms with E-state index in [-0.39, 0.29) is 16.2 Å². The molecule has 1 heteroatoms. The monoisotopic (exact) mass is 681 g/mol. The molecule has 3 aliphatic carbocycles. The van der Waals surface area contributed by atoms with E-state index in [4.69, 9.17) is 0 Å². The van der Waals surface area contributed by atoms with Gasteiger partial charge in [-0.25, -0.2) is 0 Å². The average Bonchev–Trinajstić information content (AvgIpc) is 3.65. The summed E-state index contributed by atoms with van der Waals surface area (Å²) in [7, 11) is 0. The van der Waals surface area contributed by atoms with Crippen LogP contribution in [0.3, 0.4) is 0 Å². The van der Waals surface area contributed by atoms with Gasteiger partial charge in [-0.15, -0.1) is 0 Å². The summed E-state index contributed by atoms with van der Waals surface area (Å²) in [6, 6.07) is 30.0. The molecule has 3 aromatic rings. The Labute approximate surface area is 289 Å². The van der Waals surface area contributed by atoms with Crippen LogP contribution in [0.4, 0.5) is 0 Å². The molecule has 1 atom stereocenters. The number of rotatable bonds is 6. The molecule has 0 saturated carbocycles. The first-order chi connectivity index (χ1) is 21.8. The van der Waals surface area contributed by atoms with E-state index in [9.17, 15) is 0 Å². The molecule has 0 radical (unpaired) electrons. The molecule has 0 nitrogen and oxygen atoms in total. The topological polar surface area (TPSA) is 0 Å². The van der Waals surface area contributed by atoms with Gasteiger partial charge in [-0.05, 0) is 0 Å². The van der Waals surface area contributed by atoms with Crippen LogP contribution >= 0.6 is 0 Å². The van der Waals surface area contributed by atoms with Crippen molar-refractivity contribution >= 4 is 12.1 Å². The first-order valence-electron chi connectivity index (χ1n) is 17.2. The fourth-order valence-corrected chi connectivity index (χ4v) is 12.1. The molecule has 3 aliphatic rings. The van der Waals surface area contributed by atoms with E-state index in [0.717, 1.165) is 6.42 Å². The van der Waals surface area contributed by atoms with E-state index in [0.29, 0.717) is 11.8 Å². The molecule has 0 N–H and O–H groups in total. The molecule has 0 fully saturated rings. The molecule has 3 aromatic carbocycles. The molecular formula is C45H51Zr. The van der Waals surface area contributed by atoms with Gasteiger partial charge in [0.2, 0.25) is 0 Å². The number of hydrogen-bond acceptors (Lipinski definition) is 0. The Kier molecular flexibility index (Phi) is 8.82. The van der Waals surface area contributed by atoms with Crippen LogP contribution in [-0.4, -0.2) is 3.21 Å². The van der Waals surface area contributed by atoms with Crippen molar-refractivity contribution in [2.75, 3.05) is 0 Å². The van der Waals surface area contributed by atoms with Gasteiger partial charge in [0, 0.05) is 0 Å².